The van der Waals surface area contributed by atoms with Gasteiger partial charge >= 0.3 is 5.97 Å². The molecule has 2 rings (SSSR count). The SMILES string of the molecule is CCOc1cccnc1Sc1ccc(Br)c(C(=O)O)c1. The number of hydrogen-bond donors (Lipinski definition) is 1. The Morgan fingerprint density at radius 1 is 1.45 bits per heavy atom. The molecule has 0 fully saturated rings. The Kier molecular flexibility index (Phi) is 5.03. The minimum absolute atomic E-state index is 0.226. The van der Waals surface area contributed by atoms with Crippen molar-refractivity contribution in [2.24, 2.45) is 0 Å². The summed E-state index contributed by atoms with van der Waals surface area (Å²) in [5.41, 5.74) is 0.226. The maximum absolute atomic E-state index is 11.1. The third kappa shape index (κ3) is 3.52. The summed E-state index contributed by atoms with van der Waals surface area (Å²) in [6, 6.07) is 8.82. The molecule has 0 bridgehead atoms. The van der Waals surface area contributed by atoms with Crippen LogP contribution < -0.4 is 4.74 Å². The van der Waals surface area contributed by atoms with Gasteiger partial charge in [-0.05, 0) is 53.2 Å². The summed E-state index contributed by atoms with van der Waals surface area (Å²) in [7, 11) is 0. The number of carboxylic acid groups (broad SMARTS) is 1. The Bertz CT molecular complexity index is 634. The average Bonchev–Trinajstić information content (AvgIpc) is 2.43. The quantitative estimate of drug-likeness (QED) is 0.876. The van der Waals surface area contributed by atoms with Crippen LogP contribution in [0.15, 0.2) is 50.9 Å². The third-order valence-corrected chi connectivity index (χ3v) is 4.10. The standard InChI is InChI=1S/C14H12BrNO3S/c1-2-19-12-4-3-7-16-13(12)20-9-5-6-11(15)10(8-9)14(17)18/h3-8H,2H2,1H3,(H,17,18). The molecule has 0 radical (unpaired) electrons. The zero-order chi connectivity index (χ0) is 14.5. The number of halogens is 1. The monoisotopic (exact) mass is 353 g/mol. The maximum Gasteiger partial charge on any atom is 0.336 e. The van der Waals surface area contributed by atoms with Crippen LogP contribution in [0.5, 0.6) is 5.75 Å². The van der Waals surface area contributed by atoms with Gasteiger partial charge in [0.1, 0.15) is 5.03 Å². The van der Waals surface area contributed by atoms with E-state index in [9.17, 15) is 4.79 Å². The summed E-state index contributed by atoms with van der Waals surface area (Å²) >= 11 is 4.60. The topological polar surface area (TPSA) is 59.4 Å². The van der Waals surface area contributed by atoms with E-state index in [1.54, 1.807) is 24.4 Å². The van der Waals surface area contributed by atoms with E-state index in [-0.39, 0.29) is 5.56 Å². The molecule has 4 nitrogen and oxygen atoms in total. The molecule has 0 aliphatic carbocycles. The van der Waals surface area contributed by atoms with Crippen molar-refractivity contribution in [1.82, 2.24) is 4.98 Å². The van der Waals surface area contributed by atoms with Crippen molar-refractivity contribution >= 4 is 33.7 Å². The van der Waals surface area contributed by atoms with E-state index in [1.165, 1.54) is 11.8 Å². The minimum Gasteiger partial charge on any atom is -0.491 e. The number of carbonyl (C=O) groups is 1. The lowest BCUT2D eigenvalue weighted by molar-refractivity contribution is 0.0695. The van der Waals surface area contributed by atoms with Crippen LogP contribution in [0, 0.1) is 0 Å². The van der Waals surface area contributed by atoms with Crippen molar-refractivity contribution in [3.63, 3.8) is 0 Å². The molecule has 0 aliphatic rings. The fraction of sp³-hybridized carbons (Fsp3) is 0.143. The first-order chi connectivity index (χ1) is 9.61. The van der Waals surface area contributed by atoms with Crippen molar-refractivity contribution in [2.45, 2.75) is 16.8 Å². The van der Waals surface area contributed by atoms with E-state index < -0.39 is 5.97 Å². The smallest absolute Gasteiger partial charge is 0.336 e. The van der Waals surface area contributed by atoms with Gasteiger partial charge in [-0.15, -0.1) is 0 Å². The summed E-state index contributed by atoms with van der Waals surface area (Å²) < 4.78 is 6.06. The minimum atomic E-state index is -0.967. The summed E-state index contributed by atoms with van der Waals surface area (Å²) in [6.45, 7) is 2.46. The normalized spacial score (nSPS) is 10.3. The van der Waals surface area contributed by atoms with Crippen molar-refractivity contribution in [2.75, 3.05) is 6.61 Å². The number of hydrogen-bond acceptors (Lipinski definition) is 4. The van der Waals surface area contributed by atoms with E-state index in [1.807, 2.05) is 19.1 Å². The summed E-state index contributed by atoms with van der Waals surface area (Å²) in [5.74, 6) is -0.273. The first kappa shape index (κ1) is 14.9. The predicted molar refractivity (Wildman–Crippen MR) is 80.6 cm³/mol. The molecule has 0 saturated carbocycles. The highest BCUT2D eigenvalue weighted by atomic mass is 79.9. The van der Waals surface area contributed by atoms with E-state index in [0.29, 0.717) is 21.9 Å². The molecular formula is C14H12BrNO3S. The van der Waals surface area contributed by atoms with Gasteiger partial charge in [-0.25, -0.2) is 9.78 Å². The molecule has 104 valence electrons. The third-order valence-electron chi connectivity index (χ3n) is 2.42. The van der Waals surface area contributed by atoms with Crippen LogP contribution in [0.25, 0.3) is 0 Å². The summed E-state index contributed by atoms with van der Waals surface area (Å²) in [5, 5.41) is 9.83. The van der Waals surface area contributed by atoms with Crippen molar-refractivity contribution in [3.05, 3.63) is 46.6 Å². The first-order valence-corrected chi connectivity index (χ1v) is 7.51. The van der Waals surface area contributed by atoms with Crippen LogP contribution in [0.2, 0.25) is 0 Å². The molecule has 1 N–H and O–H groups in total. The highest BCUT2D eigenvalue weighted by molar-refractivity contribution is 9.10. The molecule has 2 aromatic rings. The average molecular weight is 354 g/mol. The van der Waals surface area contributed by atoms with Gasteiger partial charge in [0, 0.05) is 15.6 Å². The highest BCUT2D eigenvalue weighted by Crippen LogP contribution is 2.34. The van der Waals surface area contributed by atoms with Gasteiger partial charge in [0.25, 0.3) is 0 Å². The van der Waals surface area contributed by atoms with Gasteiger partial charge in [0.2, 0.25) is 0 Å². The Balaban J connectivity index is 2.31. The lowest BCUT2D eigenvalue weighted by Crippen LogP contribution is -1.98. The number of aromatic carboxylic acids is 1. The van der Waals surface area contributed by atoms with Crippen LogP contribution in [-0.2, 0) is 0 Å². The largest absolute Gasteiger partial charge is 0.491 e. The Morgan fingerprint density at radius 3 is 2.95 bits per heavy atom. The van der Waals surface area contributed by atoms with Crippen LogP contribution in [0.4, 0.5) is 0 Å². The highest BCUT2D eigenvalue weighted by Gasteiger charge is 2.12. The van der Waals surface area contributed by atoms with Gasteiger partial charge in [-0.3, -0.25) is 0 Å². The van der Waals surface area contributed by atoms with Crippen molar-refractivity contribution in [1.29, 1.82) is 0 Å². The van der Waals surface area contributed by atoms with Gasteiger partial charge in [0.05, 0.1) is 12.2 Å². The Morgan fingerprint density at radius 2 is 2.25 bits per heavy atom. The van der Waals surface area contributed by atoms with E-state index in [2.05, 4.69) is 20.9 Å². The zero-order valence-electron chi connectivity index (χ0n) is 10.7. The zero-order valence-corrected chi connectivity index (χ0v) is 13.1. The number of ether oxygens (including phenoxy) is 1. The molecule has 0 spiro atoms. The maximum atomic E-state index is 11.1. The second-order valence-electron chi connectivity index (χ2n) is 3.79. The van der Waals surface area contributed by atoms with E-state index in [0.717, 1.165) is 4.90 Å². The molecule has 0 aliphatic heterocycles. The summed E-state index contributed by atoms with van der Waals surface area (Å²) in [4.78, 5) is 16.2. The molecule has 0 amide bonds. The van der Waals surface area contributed by atoms with Crippen LogP contribution in [0.1, 0.15) is 17.3 Å². The second-order valence-corrected chi connectivity index (χ2v) is 5.71. The van der Waals surface area contributed by atoms with Gasteiger partial charge < -0.3 is 9.84 Å². The number of rotatable bonds is 5. The molecule has 0 saturated heterocycles. The number of carboxylic acids is 1. The van der Waals surface area contributed by atoms with Gasteiger partial charge in [-0.1, -0.05) is 11.8 Å². The molecule has 20 heavy (non-hydrogen) atoms. The first-order valence-electron chi connectivity index (χ1n) is 5.90. The fourth-order valence-electron chi connectivity index (χ4n) is 1.56. The van der Waals surface area contributed by atoms with Gasteiger partial charge in [-0.2, -0.15) is 0 Å². The molecule has 0 unspecified atom stereocenters. The fourth-order valence-corrected chi connectivity index (χ4v) is 2.85. The molecule has 0 atom stereocenters. The molecule has 1 aromatic heterocycles. The van der Waals surface area contributed by atoms with Crippen LogP contribution >= 0.6 is 27.7 Å². The molecule has 1 aromatic carbocycles. The van der Waals surface area contributed by atoms with E-state index in [4.69, 9.17) is 9.84 Å². The number of nitrogens with zero attached hydrogens (tertiary/aromatic N) is 1. The van der Waals surface area contributed by atoms with Crippen LogP contribution in [0.3, 0.4) is 0 Å². The molecule has 6 heteroatoms. The Labute approximate surface area is 129 Å². The predicted octanol–water partition coefficient (Wildman–Crippen LogP) is 4.09. The number of pyridine rings is 1. The summed E-state index contributed by atoms with van der Waals surface area (Å²) in [6.07, 6.45) is 1.68. The molecule has 1 heterocycles. The van der Waals surface area contributed by atoms with Gasteiger partial charge in [0.15, 0.2) is 5.75 Å². The Hall–Kier alpha value is -1.53. The lowest BCUT2D eigenvalue weighted by atomic mass is 10.2. The van der Waals surface area contributed by atoms with Crippen molar-refractivity contribution < 1.29 is 14.6 Å². The lowest BCUT2D eigenvalue weighted by Gasteiger charge is -2.09. The second kappa shape index (κ2) is 6.76. The van der Waals surface area contributed by atoms with Crippen LogP contribution in [-0.4, -0.2) is 22.7 Å². The van der Waals surface area contributed by atoms with Crippen molar-refractivity contribution in [3.8, 4) is 5.75 Å². The molecular weight excluding hydrogens is 342 g/mol. The number of aromatic nitrogens is 1. The van der Waals surface area contributed by atoms with E-state index >= 15 is 0 Å². The number of benzene rings is 1.